The number of hydrogen-bond acceptors (Lipinski definition) is 5. The highest BCUT2D eigenvalue weighted by molar-refractivity contribution is 6.30. The standard InChI is InChI=1S/C33H37ClN4O2/c1-33(2)19-27-31(29(39)20-33)32(23-11-15-25(16-12-23)37(3)4)38(28-8-6-5-7-26(28)36-27)21-30(40)35-18-17-22-9-13-24(34)14-10-22/h5-16,32,36H,17-21H2,1-4H3,(H,35,40). The van der Waals surface area contributed by atoms with Crippen LogP contribution in [0.3, 0.4) is 0 Å². The van der Waals surface area contributed by atoms with E-state index >= 15 is 0 Å². The van der Waals surface area contributed by atoms with Gasteiger partial charge in [0.1, 0.15) is 0 Å². The van der Waals surface area contributed by atoms with Crippen LogP contribution in [0.4, 0.5) is 17.1 Å². The second-order valence-corrected chi connectivity index (χ2v) is 12.2. The fourth-order valence-corrected chi connectivity index (χ4v) is 5.86. The van der Waals surface area contributed by atoms with Gasteiger partial charge in [0.2, 0.25) is 5.91 Å². The van der Waals surface area contributed by atoms with E-state index in [0.717, 1.165) is 45.9 Å². The van der Waals surface area contributed by atoms with Crippen LogP contribution in [0.25, 0.3) is 0 Å². The first kappa shape index (κ1) is 27.8. The zero-order valence-corrected chi connectivity index (χ0v) is 24.4. The average molecular weight is 557 g/mol. The van der Waals surface area contributed by atoms with E-state index in [4.69, 9.17) is 11.6 Å². The number of rotatable bonds is 7. The molecule has 1 aliphatic carbocycles. The van der Waals surface area contributed by atoms with E-state index in [2.05, 4.69) is 58.5 Å². The normalized spacial score (nSPS) is 17.9. The molecule has 208 valence electrons. The number of ketones is 1. The summed E-state index contributed by atoms with van der Waals surface area (Å²) in [7, 11) is 4.02. The minimum absolute atomic E-state index is 0.0914. The summed E-state index contributed by atoms with van der Waals surface area (Å²) in [4.78, 5) is 31.4. The molecule has 1 unspecified atom stereocenters. The van der Waals surface area contributed by atoms with Crippen LogP contribution in [0.1, 0.15) is 43.9 Å². The summed E-state index contributed by atoms with van der Waals surface area (Å²) in [5.74, 6) is 0.0349. The predicted octanol–water partition coefficient (Wildman–Crippen LogP) is 6.38. The fourth-order valence-electron chi connectivity index (χ4n) is 5.74. The molecule has 1 heterocycles. The third kappa shape index (κ3) is 6.02. The molecule has 40 heavy (non-hydrogen) atoms. The van der Waals surface area contributed by atoms with Gasteiger partial charge >= 0.3 is 0 Å². The van der Waals surface area contributed by atoms with Gasteiger partial charge in [0, 0.05) is 49.0 Å². The zero-order valence-electron chi connectivity index (χ0n) is 23.6. The van der Waals surface area contributed by atoms with Gasteiger partial charge in [-0.1, -0.05) is 61.8 Å². The number of benzene rings is 3. The monoisotopic (exact) mass is 556 g/mol. The molecule has 1 amide bonds. The van der Waals surface area contributed by atoms with Crippen molar-refractivity contribution < 1.29 is 9.59 Å². The molecule has 5 rings (SSSR count). The Bertz CT molecular complexity index is 1430. The molecule has 0 fully saturated rings. The number of nitrogens with zero attached hydrogens (tertiary/aromatic N) is 2. The lowest BCUT2D eigenvalue weighted by Gasteiger charge is -2.38. The van der Waals surface area contributed by atoms with Gasteiger partial charge in [-0.2, -0.15) is 0 Å². The Labute approximate surface area is 242 Å². The van der Waals surface area contributed by atoms with Crippen LogP contribution >= 0.6 is 11.6 Å². The maximum absolute atomic E-state index is 13.8. The molecule has 0 spiro atoms. The van der Waals surface area contributed by atoms with Gasteiger partial charge in [-0.25, -0.2) is 0 Å². The number of hydrogen-bond donors (Lipinski definition) is 2. The van der Waals surface area contributed by atoms with Crippen LogP contribution in [0, 0.1) is 5.41 Å². The molecule has 0 radical (unpaired) electrons. The highest BCUT2D eigenvalue weighted by atomic mass is 35.5. The number of anilines is 3. The van der Waals surface area contributed by atoms with Gasteiger partial charge in [0.05, 0.1) is 24.0 Å². The minimum Gasteiger partial charge on any atom is -0.378 e. The summed E-state index contributed by atoms with van der Waals surface area (Å²) in [6.07, 6.45) is 1.94. The summed E-state index contributed by atoms with van der Waals surface area (Å²) >= 11 is 6.01. The minimum atomic E-state index is -0.395. The topological polar surface area (TPSA) is 64.7 Å². The average Bonchev–Trinajstić information content (AvgIpc) is 3.03. The second kappa shape index (κ2) is 11.4. The summed E-state index contributed by atoms with van der Waals surface area (Å²) in [6.45, 7) is 4.91. The Hall–Kier alpha value is -3.77. The van der Waals surface area contributed by atoms with Gasteiger partial charge in [0.15, 0.2) is 5.78 Å². The highest BCUT2D eigenvalue weighted by Gasteiger charge is 2.41. The molecule has 3 aromatic carbocycles. The molecule has 2 N–H and O–H groups in total. The molecule has 0 saturated carbocycles. The molecule has 1 atom stereocenters. The first-order valence-corrected chi connectivity index (χ1v) is 14.2. The number of para-hydroxylation sites is 2. The molecule has 1 aliphatic heterocycles. The van der Waals surface area contributed by atoms with Crippen molar-refractivity contribution in [3.63, 3.8) is 0 Å². The number of carbonyl (C=O) groups excluding carboxylic acids is 2. The van der Waals surface area contributed by atoms with Crippen LogP contribution < -0.4 is 20.4 Å². The quantitative estimate of drug-likeness (QED) is 0.353. The number of fused-ring (bicyclic) bond motifs is 1. The number of allylic oxidation sites excluding steroid dienone is 1. The van der Waals surface area contributed by atoms with Crippen LogP contribution in [0.5, 0.6) is 0 Å². The largest absolute Gasteiger partial charge is 0.378 e. The molecule has 7 heteroatoms. The van der Waals surface area contributed by atoms with Crippen molar-refractivity contribution in [3.8, 4) is 0 Å². The van der Waals surface area contributed by atoms with E-state index in [1.54, 1.807) is 0 Å². The van der Waals surface area contributed by atoms with E-state index in [0.29, 0.717) is 24.4 Å². The van der Waals surface area contributed by atoms with Crippen molar-refractivity contribution in [1.29, 1.82) is 0 Å². The maximum atomic E-state index is 13.8. The zero-order chi connectivity index (χ0) is 28.4. The van der Waals surface area contributed by atoms with Crippen LogP contribution in [0.2, 0.25) is 5.02 Å². The number of carbonyl (C=O) groups is 2. The van der Waals surface area contributed by atoms with E-state index in [-0.39, 0.29) is 23.7 Å². The number of nitrogens with one attached hydrogen (secondary N) is 2. The van der Waals surface area contributed by atoms with Crippen LogP contribution in [-0.4, -0.2) is 38.9 Å². The smallest absolute Gasteiger partial charge is 0.239 e. The molecule has 0 saturated heterocycles. The molecule has 0 bridgehead atoms. The second-order valence-electron chi connectivity index (χ2n) is 11.7. The Morgan fingerprint density at radius 2 is 1.73 bits per heavy atom. The first-order chi connectivity index (χ1) is 19.1. The van der Waals surface area contributed by atoms with Gasteiger partial charge in [-0.15, -0.1) is 0 Å². The number of amides is 1. The molecule has 2 aliphatic rings. The third-order valence-corrected chi connectivity index (χ3v) is 7.94. The third-order valence-electron chi connectivity index (χ3n) is 7.69. The van der Waals surface area contributed by atoms with E-state index in [9.17, 15) is 9.59 Å². The molecular weight excluding hydrogens is 520 g/mol. The van der Waals surface area contributed by atoms with Crippen molar-refractivity contribution in [2.24, 2.45) is 5.41 Å². The van der Waals surface area contributed by atoms with Crippen molar-refractivity contribution in [2.45, 2.75) is 39.2 Å². The lowest BCUT2D eigenvalue weighted by molar-refractivity contribution is -0.120. The van der Waals surface area contributed by atoms with Gasteiger partial charge < -0.3 is 20.4 Å². The van der Waals surface area contributed by atoms with E-state index in [1.165, 1.54) is 0 Å². The predicted molar refractivity (Wildman–Crippen MR) is 164 cm³/mol. The molecular formula is C33H37ClN4O2. The summed E-state index contributed by atoms with van der Waals surface area (Å²) in [5, 5.41) is 7.41. The fraction of sp³-hybridized carbons (Fsp3) is 0.333. The molecule has 0 aromatic heterocycles. The van der Waals surface area contributed by atoms with Crippen LogP contribution in [0.15, 0.2) is 84.1 Å². The van der Waals surface area contributed by atoms with Gasteiger partial charge in [0.25, 0.3) is 0 Å². The van der Waals surface area contributed by atoms with Crippen molar-refractivity contribution >= 4 is 40.4 Å². The lowest BCUT2D eigenvalue weighted by Crippen LogP contribution is -2.42. The lowest BCUT2D eigenvalue weighted by atomic mass is 9.73. The Balaban J connectivity index is 1.51. The van der Waals surface area contributed by atoms with Gasteiger partial charge in [-0.3, -0.25) is 9.59 Å². The van der Waals surface area contributed by atoms with Crippen molar-refractivity contribution in [3.05, 3.63) is 100 Å². The summed E-state index contributed by atoms with van der Waals surface area (Å²) < 4.78 is 0. The Morgan fingerprint density at radius 3 is 2.42 bits per heavy atom. The maximum Gasteiger partial charge on any atom is 0.239 e. The first-order valence-electron chi connectivity index (χ1n) is 13.8. The summed E-state index contributed by atoms with van der Waals surface area (Å²) in [6, 6.07) is 23.6. The van der Waals surface area contributed by atoms with E-state index in [1.807, 2.05) is 62.6 Å². The molecule has 6 nitrogen and oxygen atoms in total. The van der Waals surface area contributed by atoms with Crippen molar-refractivity contribution in [1.82, 2.24) is 5.32 Å². The number of halogens is 1. The SMILES string of the molecule is CN(C)c1ccc(C2C3=C(CC(C)(C)CC3=O)Nc3ccccc3N2CC(=O)NCCc2ccc(Cl)cc2)cc1. The Morgan fingerprint density at radius 1 is 1.02 bits per heavy atom. The molecule has 3 aromatic rings. The number of Topliss-reactive ketones (excluding diaryl/α,β-unsaturated/α-hetero) is 1. The van der Waals surface area contributed by atoms with E-state index < -0.39 is 6.04 Å². The van der Waals surface area contributed by atoms with Gasteiger partial charge in [-0.05, 0) is 65.8 Å². The Kier molecular flexibility index (Phi) is 7.90. The summed E-state index contributed by atoms with van der Waals surface area (Å²) in [5.41, 5.74) is 6.53. The van der Waals surface area contributed by atoms with Crippen LogP contribution in [-0.2, 0) is 16.0 Å². The highest BCUT2D eigenvalue weighted by Crippen LogP contribution is 2.48. The van der Waals surface area contributed by atoms with Crippen molar-refractivity contribution in [2.75, 3.05) is 42.3 Å².